The highest BCUT2D eigenvalue weighted by molar-refractivity contribution is 7.96. The fourth-order valence-corrected chi connectivity index (χ4v) is 4.31. The van der Waals surface area contributed by atoms with Crippen molar-refractivity contribution >= 4 is 15.8 Å². The molecule has 0 aliphatic heterocycles. The van der Waals surface area contributed by atoms with Crippen LogP contribution in [0.25, 0.3) is 0 Å². The first-order valence-electron chi connectivity index (χ1n) is 8.77. The van der Waals surface area contributed by atoms with Crippen LogP contribution in [0.15, 0.2) is 81.4 Å². The summed E-state index contributed by atoms with van der Waals surface area (Å²) in [5.41, 5.74) is 6.23. The van der Waals surface area contributed by atoms with Gasteiger partial charge < -0.3 is 10.5 Å². The standard InChI is InChI=1S/C21H26N2O3S/c1-16(2)20(26-21(22)24)19(17-10-6-4-7-11-17)14-15-27(25,23-3)18-12-8-5-9-13-18/h4-16,19-20H,1-3H3,(H2,22,24)/b15-14+/t19-,20-,27?/m0/s1. The van der Waals surface area contributed by atoms with Crippen LogP contribution in [0.4, 0.5) is 4.79 Å². The largest absolute Gasteiger partial charge is 0.445 e. The Morgan fingerprint density at radius 1 is 1.07 bits per heavy atom. The van der Waals surface area contributed by atoms with Gasteiger partial charge in [0.15, 0.2) is 0 Å². The lowest BCUT2D eigenvalue weighted by Gasteiger charge is -2.27. The quantitative estimate of drug-likeness (QED) is 0.757. The first-order chi connectivity index (χ1) is 12.9. The van der Waals surface area contributed by atoms with Gasteiger partial charge in [0.05, 0.1) is 14.6 Å². The molecule has 0 spiro atoms. The van der Waals surface area contributed by atoms with Gasteiger partial charge >= 0.3 is 6.09 Å². The van der Waals surface area contributed by atoms with E-state index >= 15 is 0 Å². The number of carbonyl (C=O) groups is 1. The minimum Gasteiger partial charge on any atom is -0.445 e. The molecule has 0 heterocycles. The molecule has 3 atom stereocenters. The van der Waals surface area contributed by atoms with E-state index < -0.39 is 21.9 Å². The van der Waals surface area contributed by atoms with Crippen molar-refractivity contribution in [3.63, 3.8) is 0 Å². The van der Waals surface area contributed by atoms with Gasteiger partial charge in [-0.3, -0.25) is 0 Å². The van der Waals surface area contributed by atoms with Crippen LogP contribution in [0.1, 0.15) is 25.3 Å². The summed E-state index contributed by atoms with van der Waals surface area (Å²) in [6, 6.07) is 18.7. The summed E-state index contributed by atoms with van der Waals surface area (Å²) < 4.78 is 22.8. The van der Waals surface area contributed by atoms with Crippen LogP contribution < -0.4 is 5.73 Å². The molecule has 0 aliphatic carbocycles. The molecular formula is C21H26N2O3S. The van der Waals surface area contributed by atoms with Gasteiger partial charge in [0, 0.05) is 18.4 Å². The van der Waals surface area contributed by atoms with E-state index in [0.717, 1.165) is 5.56 Å². The molecule has 2 aromatic rings. The van der Waals surface area contributed by atoms with Crippen molar-refractivity contribution in [3.05, 3.63) is 77.7 Å². The second-order valence-electron chi connectivity index (χ2n) is 6.47. The van der Waals surface area contributed by atoms with Crippen molar-refractivity contribution in [3.8, 4) is 0 Å². The summed E-state index contributed by atoms with van der Waals surface area (Å²) in [7, 11) is -1.18. The van der Waals surface area contributed by atoms with Crippen LogP contribution in [0.3, 0.4) is 0 Å². The molecule has 2 N–H and O–H groups in total. The van der Waals surface area contributed by atoms with Gasteiger partial charge in [0.25, 0.3) is 0 Å². The van der Waals surface area contributed by atoms with Gasteiger partial charge in [0.2, 0.25) is 0 Å². The fourth-order valence-electron chi connectivity index (χ4n) is 2.90. The van der Waals surface area contributed by atoms with Crippen molar-refractivity contribution < 1.29 is 13.7 Å². The summed E-state index contributed by atoms with van der Waals surface area (Å²) in [4.78, 5) is 12.1. The number of primary amides is 1. The predicted molar refractivity (Wildman–Crippen MR) is 109 cm³/mol. The van der Waals surface area contributed by atoms with Crippen molar-refractivity contribution in [1.29, 1.82) is 0 Å². The van der Waals surface area contributed by atoms with E-state index in [1.807, 2.05) is 68.5 Å². The number of hydrogen-bond acceptors (Lipinski definition) is 4. The van der Waals surface area contributed by atoms with Crippen LogP contribution in [-0.2, 0) is 14.5 Å². The second kappa shape index (κ2) is 9.37. The molecule has 0 fully saturated rings. The highest BCUT2D eigenvalue weighted by Gasteiger charge is 2.27. The number of benzene rings is 2. The molecule has 0 bridgehead atoms. The maximum absolute atomic E-state index is 13.3. The lowest BCUT2D eigenvalue weighted by Crippen LogP contribution is -2.32. The lowest BCUT2D eigenvalue weighted by atomic mass is 9.87. The smallest absolute Gasteiger partial charge is 0.404 e. The number of carbonyl (C=O) groups excluding carboxylic acids is 1. The third-order valence-electron chi connectivity index (χ3n) is 4.27. The first kappa shape index (κ1) is 20.7. The van der Waals surface area contributed by atoms with Crippen LogP contribution >= 0.6 is 0 Å². The molecule has 0 aliphatic rings. The topological polar surface area (TPSA) is 81.8 Å². The monoisotopic (exact) mass is 386 g/mol. The Kier molecular flexibility index (Phi) is 7.19. The van der Waals surface area contributed by atoms with Gasteiger partial charge in [0.1, 0.15) is 6.10 Å². The number of ether oxygens (including phenoxy) is 1. The molecule has 0 saturated carbocycles. The Labute approximate surface area is 161 Å². The molecule has 6 heteroatoms. The third-order valence-corrected chi connectivity index (χ3v) is 6.29. The Morgan fingerprint density at radius 3 is 2.11 bits per heavy atom. The second-order valence-corrected chi connectivity index (χ2v) is 8.72. The summed E-state index contributed by atoms with van der Waals surface area (Å²) in [6.45, 7) is 3.91. The minimum absolute atomic E-state index is 0.0127. The molecule has 0 aromatic heterocycles. The zero-order valence-corrected chi connectivity index (χ0v) is 16.6. The zero-order valence-electron chi connectivity index (χ0n) is 15.8. The summed E-state index contributed by atoms with van der Waals surface area (Å²) in [5, 5.41) is 1.61. The van der Waals surface area contributed by atoms with E-state index in [1.165, 1.54) is 7.05 Å². The van der Waals surface area contributed by atoms with Crippen molar-refractivity contribution in [1.82, 2.24) is 0 Å². The maximum Gasteiger partial charge on any atom is 0.404 e. The van der Waals surface area contributed by atoms with Crippen LogP contribution in [-0.4, -0.2) is 23.5 Å². The fraction of sp³-hybridized carbons (Fsp3) is 0.286. The zero-order chi connectivity index (χ0) is 19.9. The number of nitrogens with zero attached hydrogens (tertiary/aromatic N) is 1. The summed E-state index contributed by atoms with van der Waals surface area (Å²) in [6.07, 6.45) is 0.495. The van der Waals surface area contributed by atoms with Gasteiger partial charge in [-0.15, -0.1) is 0 Å². The SMILES string of the molecule is CN=S(=O)(/C=C/[C@@H](c1ccccc1)[C@@H](OC(N)=O)C(C)C)c1ccccc1. The van der Waals surface area contributed by atoms with Gasteiger partial charge in [-0.25, -0.2) is 13.4 Å². The van der Waals surface area contributed by atoms with E-state index in [2.05, 4.69) is 4.36 Å². The predicted octanol–water partition coefficient (Wildman–Crippen LogP) is 4.56. The van der Waals surface area contributed by atoms with Crippen molar-refractivity contribution in [2.45, 2.75) is 30.8 Å². The maximum atomic E-state index is 13.3. The van der Waals surface area contributed by atoms with E-state index in [1.54, 1.807) is 17.5 Å². The number of nitrogens with two attached hydrogens (primary N) is 1. The van der Waals surface area contributed by atoms with Crippen LogP contribution in [0, 0.1) is 5.92 Å². The minimum atomic E-state index is -2.72. The molecule has 1 unspecified atom stereocenters. The Balaban J connectivity index is 2.49. The van der Waals surface area contributed by atoms with Gasteiger partial charge in [-0.2, -0.15) is 0 Å². The average Bonchev–Trinajstić information content (AvgIpc) is 2.68. The molecular weight excluding hydrogens is 360 g/mol. The van der Waals surface area contributed by atoms with E-state index in [0.29, 0.717) is 4.90 Å². The molecule has 144 valence electrons. The highest BCUT2D eigenvalue weighted by atomic mass is 32.2. The lowest BCUT2D eigenvalue weighted by molar-refractivity contribution is 0.0694. The third kappa shape index (κ3) is 5.44. The van der Waals surface area contributed by atoms with Crippen molar-refractivity contribution in [2.75, 3.05) is 7.05 Å². The summed E-state index contributed by atoms with van der Waals surface area (Å²) in [5.74, 6) is -0.288. The van der Waals surface area contributed by atoms with E-state index in [9.17, 15) is 9.00 Å². The number of rotatable bonds is 7. The molecule has 27 heavy (non-hydrogen) atoms. The molecule has 1 amide bonds. The first-order valence-corrected chi connectivity index (χ1v) is 10.3. The van der Waals surface area contributed by atoms with Crippen molar-refractivity contribution in [2.24, 2.45) is 16.0 Å². The van der Waals surface area contributed by atoms with Crippen LogP contribution in [0.5, 0.6) is 0 Å². The van der Waals surface area contributed by atoms with E-state index in [-0.39, 0.29) is 11.8 Å². The molecule has 5 nitrogen and oxygen atoms in total. The highest BCUT2D eigenvalue weighted by Crippen LogP contribution is 2.29. The Bertz CT molecular complexity index is 886. The molecule has 0 radical (unpaired) electrons. The summed E-state index contributed by atoms with van der Waals surface area (Å²) >= 11 is 0. The molecule has 2 aromatic carbocycles. The van der Waals surface area contributed by atoms with Crippen LogP contribution in [0.2, 0.25) is 0 Å². The van der Waals surface area contributed by atoms with Gasteiger partial charge in [-0.05, 0) is 23.6 Å². The van der Waals surface area contributed by atoms with Gasteiger partial charge in [-0.1, -0.05) is 68.5 Å². The number of hydrogen-bond donors (Lipinski definition) is 1. The molecule has 2 rings (SSSR count). The Morgan fingerprint density at radius 2 is 1.63 bits per heavy atom. The molecule has 0 saturated heterocycles. The average molecular weight is 387 g/mol. The number of amides is 1. The normalized spacial score (nSPS) is 15.9. The Hall–Kier alpha value is -2.60. The van der Waals surface area contributed by atoms with E-state index in [4.69, 9.17) is 10.5 Å².